The van der Waals surface area contributed by atoms with E-state index in [0.29, 0.717) is 36.4 Å². The number of carbonyl (C=O) groups is 1. The topological polar surface area (TPSA) is 95.3 Å². The molecule has 2 aromatic carbocycles. The molecule has 0 aliphatic heterocycles. The minimum absolute atomic E-state index is 0.130. The molecule has 0 radical (unpaired) electrons. The summed E-state index contributed by atoms with van der Waals surface area (Å²) in [6.07, 6.45) is 2.10. The van der Waals surface area contributed by atoms with E-state index in [4.69, 9.17) is 9.47 Å². The van der Waals surface area contributed by atoms with Crippen LogP contribution in [0.5, 0.6) is 11.5 Å². The Hall–Kier alpha value is -4.20. The largest absolute Gasteiger partial charge is 0.497 e. The molecule has 4 rings (SSSR count). The molecule has 0 aliphatic rings. The van der Waals surface area contributed by atoms with Gasteiger partial charge in [0, 0.05) is 25.6 Å². The number of hydrogen-bond donors (Lipinski definition) is 1. The van der Waals surface area contributed by atoms with Crippen LogP contribution in [-0.2, 0) is 24.3 Å². The Labute approximate surface area is 197 Å². The highest BCUT2D eigenvalue weighted by Crippen LogP contribution is 2.15. The molecule has 0 unspecified atom stereocenters. The molecule has 0 bridgehead atoms. The first-order valence-electron chi connectivity index (χ1n) is 10.9. The number of pyridine rings is 1. The van der Waals surface area contributed by atoms with Crippen LogP contribution in [-0.4, -0.2) is 34.7 Å². The fourth-order valence-electron chi connectivity index (χ4n) is 3.66. The molecule has 1 amide bonds. The van der Waals surface area contributed by atoms with Crippen molar-refractivity contribution in [2.45, 2.75) is 25.9 Å². The lowest BCUT2D eigenvalue weighted by Crippen LogP contribution is -2.28. The van der Waals surface area contributed by atoms with Gasteiger partial charge in [0.1, 0.15) is 17.3 Å². The van der Waals surface area contributed by atoms with Crippen LogP contribution >= 0.6 is 0 Å². The van der Waals surface area contributed by atoms with Gasteiger partial charge >= 0.3 is 0 Å². The second kappa shape index (κ2) is 10.6. The number of fused-ring (bicyclic) bond motifs is 1. The predicted octanol–water partition coefficient (Wildman–Crippen LogP) is 3.11. The molecule has 2 heterocycles. The van der Waals surface area contributed by atoms with Gasteiger partial charge in [0.25, 0.3) is 5.56 Å². The Morgan fingerprint density at radius 3 is 2.53 bits per heavy atom. The molecule has 1 N–H and O–H groups in total. The van der Waals surface area contributed by atoms with Crippen molar-refractivity contribution < 1.29 is 14.3 Å². The third-order valence-electron chi connectivity index (χ3n) is 5.51. The van der Waals surface area contributed by atoms with Gasteiger partial charge in [-0.1, -0.05) is 24.3 Å². The lowest BCUT2D eigenvalue weighted by molar-refractivity contribution is -0.121. The number of benzene rings is 2. The highest BCUT2D eigenvalue weighted by Gasteiger charge is 2.14. The smallest absolute Gasteiger partial charge is 0.263 e. The Kier molecular flexibility index (Phi) is 7.17. The van der Waals surface area contributed by atoms with Gasteiger partial charge in [-0.2, -0.15) is 0 Å². The van der Waals surface area contributed by atoms with Gasteiger partial charge in [0.2, 0.25) is 5.91 Å². The number of nitrogens with zero attached hydrogens (tertiary/aromatic N) is 3. The molecule has 34 heavy (non-hydrogen) atoms. The minimum Gasteiger partial charge on any atom is -0.497 e. The van der Waals surface area contributed by atoms with Crippen molar-refractivity contribution in [2.75, 3.05) is 14.2 Å². The third-order valence-corrected chi connectivity index (χ3v) is 5.51. The van der Waals surface area contributed by atoms with Gasteiger partial charge in [0.05, 0.1) is 26.2 Å². The summed E-state index contributed by atoms with van der Waals surface area (Å²) in [6.45, 7) is 0.725. The number of carbonyl (C=O) groups excluding carboxylic acids is 1. The van der Waals surface area contributed by atoms with E-state index >= 15 is 0 Å². The molecule has 2 aromatic heterocycles. The molecule has 4 aromatic rings. The maximum absolute atomic E-state index is 13.2. The summed E-state index contributed by atoms with van der Waals surface area (Å²) in [6, 6.07) is 18.5. The van der Waals surface area contributed by atoms with Crippen LogP contribution < -0.4 is 20.3 Å². The number of nitrogens with one attached hydrogen (secondary N) is 1. The number of rotatable bonds is 9. The zero-order valence-corrected chi connectivity index (χ0v) is 19.2. The molecule has 174 valence electrons. The third kappa shape index (κ3) is 5.40. The quantitative estimate of drug-likeness (QED) is 0.414. The lowest BCUT2D eigenvalue weighted by Gasteiger charge is -2.14. The number of ether oxygens (including phenoxy) is 2. The van der Waals surface area contributed by atoms with Crippen molar-refractivity contribution in [3.05, 3.63) is 94.2 Å². The summed E-state index contributed by atoms with van der Waals surface area (Å²) in [7, 11) is 3.21. The molecule has 0 saturated carbocycles. The zero-order valence-electron chi connectivity index (χ0n) is 19.2. The van der Waals surface area contributed by atoms with Crippen LogP contribution in [0.1, 0.15) is 23.4 Å². The van der Waals surface area contributed by atoms with Crippen LogP contribution in [0.2, 0.25) is 0 Å². The first kappa shape index (κ1) is 23.0. The van der Waals surface area contributed by atoms with Gasteiger partial charge < -0.3 is 14.8 Å². The summed E-state index contributed by atoms with van der Waals surface area (Å²) < 4.78 is 12.1. The van der Waals surface area contributed by atoms with E-state index in [9.17, 15) is 9.59 Å². The first-order valence-corrected chi connectivity index (χ1v) is 10.9. The van der Waals surface area contributed by atoms with Crippen molar-refractivity contribution >= 4 is 16.9 Å². The van der Waals surface area contributed by atoms with E-state index in [2.05, 4.69) is 15.3 Å². The standard InChI is InChI=1S/C26H26N4O4/c1-33-20-10-8-18(9-11-20)17-30-23(29-25-22(26(30)32)7-4-14-27-25)12-13-24(31)28-16-19-5-3-6-21(15-19)34-2/h3-11,14-15H,12-13,16-17H2,1-2H3,(H,28,31). The number of aromatic nitrogens is 3. The van der Waals surface area contributed by atoms with Gasteiger partial charge in [-0.05, 0) is 47.5 Å². The average molecular weight is 459 g/mol. The molecule has 8 nitrogen and oxygen atoms in total. The Morgan fingerprint density at radius 2 is 1.76 bits per heavy atom. The molecule has 0 saturated heterocycles. The fraction of sp³-hybridized carbons (Fsp3) is 0.231. The Morgan fingerprint density at radius 1 is 0.971 bits per heavy atom. The highest BCUT2D eigenvalue weighted by molar-refractivity contribution is 5.76. The number of hydrogen-bond acceptors (Lipinski definition) is 6. The molecule has 0 fully saturated rings. The Bertz CT molecular complexity index is 1350. The van der Waals surface area contributed by atoms with E-state index in [-0.39, 0.29) is 17.9 Å². The monoisotopic (exact) mass is 458 g/mol. The van der Waals surface area contributed by atoms with E-state index in [0.717, 1.165) is 22.6 Å². The second-order valence-electron chi connectivity index (χ2n) is 7.77. The van der Waals surface area contributed by atoms with Crippen LogP contribution in [0.25, 0.3) is 11.0 Å². The lowest BCUT2D eigenvalue weighted by atomic mass is 10.2. The van der Waals surface area contributed by atoms with Gasteiger partial charge in [-0.3, -0.25) is 14.2 Å². The van der Waals surface area contributed by atoms with Gasteiger partial charge in [-0.25, -0.2) is 9.97 Å². The summed E-state index contributed by atoms with van der Waals surface area (Å²) in [5.41, 5.74) is 2.07. The number of amides is 1. The van der Waals surface area contributed by atoms with Crippen molar-refractivity contribution in [3.63, 3.8) is 0 Å². The van der Waals surface area contributed by atoms with Crippen molar-refractivity contribution in [1.29, 1.82) is 0 Å². The molecule has 8 heteroatoms. The molecule has 0 spiro atoms. The van der Waals surface area contributed by atoms with Crippen molar-refractivity contribution in [2.24, 2.45) is 0 Å². The molecular formula is C26H26N4O4. The van der Waals surface area contributed by atoms with Crippen LogP contribution in [0.15, 0.2) is 71.7 Å². The van der Waals surface area contributed by atoms with Crippen LogP contribution in [0.3, 0.4) is 0 Å². The Balaban J connectivity index is 1.52. The van der Waals surface area contributed by atoms with E-state index in [1.165, 1.54) is 0 Å². The normalized spacial score (nSPS) is 10.8. The summed E-state index contributed by atoms with van der Waals surface area (Å²) in [4.78, 5) is 34.6. The average Bonchev–Trinajstić information content (AvgIpc) is 2.88. The number of methoxy groups -OCH3 is 2. The number of aryl methyl sites for hydroxylation is 1. The zero-order chi connectivity index (χ0) is 23.9. The molecule has 0 atom stereocenters. The van der Waals surface area contributed by atoms with Crippen molar-refractivity contribution in [1.82, 2.24) is 19.9 Å². The summed E-state index contributed by atoms with van der Waals surface area (Å²) in [5.74, 6) is 1.87. The molecular weight excluding hydrogens is 432 g/mol. The van der Waals surface area contributed by atoms with Crippen LogP contribution in [0.4, 0.5) is 0 Å². The predicted molar refractivity (Wildman–Crippen MR) is 129 cm³/mol. The molecule has 0 aliphatic carbocycles. The van der Waals surface area contributed by atoms with Crippen LogP contribution in [0, 0.1) is 0 Å². The maximum Gasteiger partial charge on any atom is 0.263 e. The summed E-state index contributed by atoms with van der Waals surface area (Å²) in [5, 5.41) is 3.36. The first-order chi connectivity index (χ1) is 16.6. The van der Waals surface area contributed by atoms with Gasteiger partial charge in [0.15, 0.2) is 5.65 Å². The minimum atomic E-state index is -0.180. The highest BCUT2D eigenvalue weighted by atomic mass is 16.5. The van der Waals surface area contributed by atoms with Gasteiger partial charge in [-0.15, -0.1) is 0 Å². The van der Waals surface area contributed by atoms with Crippen molar-refractivity contribution in [3.8, 4) is 11.5 Å². The SMILES string of the molecule is COc1ccc(Cn2c(CCC(=O)NCc3cccc(OC)c3)nc3ncccc3c2=O)cc1. The van der Waals surface area contributed by atoms with E-state index in [1.807, 2.05) is 48.5 Å². The maximum atomic E-state index is 13.2. The fourth-order valence-corrected chi connectivity index (χ4v) is 3.66. The summed E-state index contributed by atoms with van der Waals surface area (Å²) >= 11 is 0. The second-order valence-corrected chi connectivity index (χ2v) is 7.77. The van der Waals surface area contributed by atoms with E-state index < -0.39 is 0 Å². The van der Waals surface area contributed by atoms with E-state index in [1.54, 1.807) is 37.1 Å².